The molecule has 0 aromatic carbocycles. The van der Waals surface area contributed by atoms with Gasteiger partial charge in [0.1, 0.15) is 0 Å². The van der Waals surface area contributed by atoms with Crippen LogP contribution in [0.3, 0.4) is 0 Å². The standard InChI is InChI=1S/C18H26OSi/c1-20(2,18-10-13-7-8-16(18)9-13)19-17-11-14-5-3-4-6-15(14)12-17/h3-8,13-18H,9-12H2,1-2H3. The zero-order chi connectivity index (χ0) is 13.7. The molecule has 2 fully saturated rings. The molecule has 2 bridgehead atoms. The number of hydrogen-bond acceptors (Lipinski definition) is 1. The van der Waals surface area contributed by atoms with Gasteiger partial charge in [-0.15, -0.1) is 0 Å². The molecule has 5 unspecified atom stereocenters. The first-order valence-corrected chi connectivity index (χ1v) is 11.3. The molecule has 4 aliphatic rings. The highest BCUT2D eigenvalue weighted by Crippen LogP contribution is 2.52. The van der Waals surface area contributed by atoms with Gasteiger partial charge in [0, 0.05) is 6.10 Å². The van der Waals surface area contributed by atoms with Crippen LogP contribution in [0.2, 0.25) is 18.6 Å². The van der Waals surface area contributed by atoms with Crippen molar-refractivity contribution in [1.82, 2.24) is 0 Å². The van der Waals surface area contributed by atoms with E-state index in [9.17, 15) is 0 Å². The second kappa shape index (κ2) is 4.71. The Morgan fingerprint density at radius 3 is 2.05 bits per heavy atom. The van der Waals surface area contributed by atoms with Gasteiger partial charge in [0.05, 0.1) is 0 Å². The Hall–Kier alpha value is -0.603. The van der Waals surface area contributed by atoms with Crippen LogP contribution in [0, 0.1) is 23.7 Å². The Morgan fingerprint density at radius 2 is 1.50 bits per heavy atom. The Bertz CT molecular complexity index is 456. The quantitative estimate of drug-likeness (QED) is 0.540. The van der Waals surface area contributed by atoms with E-state index in [0.717, 1.165) is 29.2 Å². The van der Waals surface area contributed by atoms with Crippen LogP contribution in [0.25, 0.3) is 0 Å². The summed E-state index contributed by atoms with van der Waals surface area (Å²) in [4.78, 5) is 0. The van der Waals surface area contributed by atoms with Gasteiger partial charge in [-0.25, -0.2) is 0 Å². The molecule has 0 spiro atoms. The summed E-state index contributed by atoms with van der Waals surface area (Å²) in [5.74, 6) is 3.20. The van der Waals surface area contributed by atoms with Crippen molar-refractivity contribution < 1.29 is 4.43 Å². The molecular weight excluding hydrogens is 260 g/mol. The van der Waals surface area contributed by atoms with E-state index in [2.05, 4.69) is 49.6 Å². The van der Waals surface area contributed by atoms with Crippen LogP contribution in [0.15, 0.2) is 36.5 Å². The molecule has 0 aromatic heterocycles. The number of fused-ring (bicyclic) bond motifs is 3. The van der Waals surface area contributed by atoms with Crippen LogP contribution in [0.1, 0.15) is 25.7 Å². The summed E-state index contributed by atoms with van der Waals surface area (Å²) in [5.41, 5.74) is 0.867. The first-order chi connectivity index (χ1) is 9.62. The third-order valence-electron chi connectivity index (χ3n) is 6.09. The third kappa shape index (κ3) is 2.17. The van der Waals surface area contributed by atoms with E-state index in [0.29, 0.717) is 6.10 Å². The molecule has 108 valence electrons. The van der Waals surface area contributed by atoms with Gasteiger partial charge in [0.25, 0.3) is 0 Å². The number of rotatable bonds is 3. The van der Waals surface area contributed by atoms with E-state index in [1.165, 1.54) is 25.7 Å². The molecule has 20 heavy (non-hydrogen) atoms. The maximum Gasteiger partial charge on any atom is 0.190 e. The topological polar surface area (TPSA) is 9.23 Å². The smallest absolute Gasteiger partial charge is 0.190 e. The predicted molar refractivity (Wildman–Crippen MR) is 86.0 cm³/mol. The van der Waals surface area contributed by atoms with Crippen LogP contribution in [-0.4, -0.2) is 14.4 Å². The summed E-state index contributed by atoms with van der Waals surface area (Å²) in [7, 11) is -1.55. The van der Waals surface area contributed by atoms with E-state index in [1.54, 1.807) is 0 Å². The minimum atomic E-state index is -1.55. The number of allylic oxidation sites excluding steroid dienone is 6. The predicted octanol–water partition coefficient (Wildman–Crippen LogP) is 4.70. The van der Waals surface area contributed by atoms with Gasteiger partial charge in [-0.3, -0.25) is 0 Å². The van der Waals surface area contributed by atoms with Crippen LogP contribution in [0.5, 0.6) is 0 Å². The highest BCUT2D eigenvalue weighted by Gasteiger charge is 2.48. The van der Waals surface area contributed by atoms with E-state index in [1.807, 2.05) is 0 Å². The highest BCUT2D eigenvalue weighted by molar-refractivity contribution is 6.72. The van der Waals surface area contributed by atoms with Gasteiger partial charge < -0.3 is 4.43 Å². The normalized spacial score (nSPS) is 45.3. The van der Waals surface area contributed by atoms with E-state index in [-0.39, 0.29) is 0 Å². The van der Waals surface area contributed by atoms with Gasteiger partial charge in [-0.05, 0) is 68.0 Å². The number of hydrogen-bond donors (Lipinski definition) is 0. The summed E-state index contributed by atoms with van der Waals surface area (Å²) in [6.45, 7) is 4.94. The van der Waals surface area contributed by atoms with Crippen molar-refractivity contribution in [3.05, 3.63) is 36.5 Å². The van der Waals surface area contributed by atoms with Crippen LogP contribution in [-0.2, 0) is 4.43 Å². The summed E-state index contributed by atoms with van der Waals surface area (Å²) in [6.07, 6.45) is 20.0. The average Bonchev–Trinajstić information content (AvgIpc) is 3.11. The molecule has 4 rings (SSSR count). The first-order valence-electron chi connectivity index (χ1n) is 8.33. The minimum absolute atomic E-state index is 0.516. The van der Waals surface area contributed by atoms with Crippen molar-refractivity contribution >= 4 is 8.32 Å². The van der Waals surface area contributed by atoms with Crippen LogP contribution in [0.4, 0.5) is 0 Å². The molecule has 1 nitrogen and oxygen atoms in total. The van der Waals surface area contributed by atoms with Gasteiger partial charge in [0.15, 0.2) is 8.32 Å². The fourth-order valence-corrected chi connectivity index (χ4v) is 8.48. The van der Waals surface area contributed by atoms with E-state index < -0.39 is 8.32 Å². The van der Waals surface area contributed by atoms with E-state index >= 15 is 0 Å². The summed E-state index contributed by atoms with van der Waals surface area (Å²) in [6, 6.07) is 0. The highest BCUT2D eigenvalue weighted by atomic mass is 28.4. The SMILES string of the molecule is C[Si](C)(OC1CC2C=CC=CC2C1)C1CC2C=CC1C2. The average molecular weight is 286 g/mol. The fourth-order valence-electron chi connectivity index (χ4n) is 5.10. The van der Waals surface area contributed by atoms with Crippen molar-refractivity contribution in [3.63, 3.8) is 0 Å². The second-order valence-electron chi connectivity index (χ2n) is 7.80. The molecule has 0 radical (unpaired) electrons. The van der Waals surface area contributed by atoms with Crippen molar-refractivity contribution in [2.75, 3.05) is 0 Å². The maximum atomic E-state index is 6.76. The lowest BCUT2D eigenvalue weighted by atomic mass is 9.92. The Balaban J connectivity index is 1.42. The van der Waals surface area contributed by atoms with Gasteiger partial charge in [-0.1, -0.05) is 36.5 Å². The Kier molecular flexibility index (Phi) is 3.08. The van der Waals surface area contributed by atoms with E-state index in [4.69, 9.17) is 4.43 Å². The first kappa shape index (κ1) is 13.1. The largest absolute Gasteiger partial charge is 0.414 e. The fraction of sp³-hybridized carbons (Fsp3) is 0.667. The lowest BCUT2D eigenvalue weighted by Crippen LogP contribution is -2.41. The molecule has 0 N–H and O–H groups in total. The summed E-state index contributed by atoms with van der Waals surface area (Å²) >= 11 is 0. The van der Waals surface area contributed by atoms with Gasteiger partial charge >= 0.3 is 0 Å². The van der Waals surface area contributed by atoms with Crippen LogP contribution < -0.4 is 0 Å². The maximum absolute atomic E-state index is 6.76. The molecule has 0 heterocycles. The monoisotopic (exact) mass is 286 g/mol. The lowest BCUT2D eigenvalue weighted by molar-refractivity contribution is 0.187. The third-order valence-corrected chi connectivity index (χ3v) is 9.48. The van der Waals surface area contributed by atoms with Crippen molar-refractivity contribution in [2.24, 2.45) is 23.7 Å². The van der Waals surface area contributed by atoms with Crippen LogP contribution >= 0.6 is 0 Å². The Morgan fingerprint density at radius 1 is 0.800 bits per heavy atom. The van der Waals surface area contributed by atoms with Gasteiger partial charge in [-0.2, -0.15) is 0 Å². The lowest BCUT2D eigenvalue weighted by Gasteiger charge is -2.36. The summed E-state index contributed by atoms with van der Waals surface area (Å²) in [5, 5.41) is 0. The van der Waals surface area contributed by atoms with Crippen molar-refractivity contribution in [1.29, 1.82) is 0 Å². The molecular formula is C18H26OSi. The molecule has 2 saturated carbocycles. The zero-order valence-electron chi connectivity index (χ0n) is 12.7. The second-order valence-corrected chi connectivity index (χ2v) is 12.0. The zero-order valence-corrected chi connectivity index (χ0v) is 13.7. The molecule has 4 aliphatic carbocycles. The van der Waals surface area contributed by atoms with Crippen molar-refractivity contribution in [2.45, 2.75) is 50.4 Å². The molecule has 5 atom stereocenters. The molecule has 0 aromatic rings. The molecule has 0 aliphatic heterocycles. The molecule has 0 amide bonds. The van der Waals surface area contributed by atoms with Gasteiger partial charge in [0.2, 0.25) is 0 Å². The molecule has 0 saturated heterocycles. The molecule has 2 heteroatoms. The van der Waals surface area contributed by atoms with Crippen molar-refractivity contribution in [3.8, 4) is 0 Å². The Labute approximate surface area is 123 Å². The summed E-state index contributed by atoms with van der Waals surface area (Å²) < 4.78 is 6.76. The minimum Gasteiger partial charge on any atom is -0.414 e.